The smallest absolute Gasteiger partial charge is 0.304 e. The third-order valence-electron chi connectivity index (χ3n) is 3.44. The first kappa shape index (κ1) is 10.7. The number of benzene rings is 1. The number of rotatable bonds is 3. The topological polar surface area (TPSA) is 50.2 Å². The van der Waals surface area contributed by atoms with Gasteiger partial charge >= 0.3 is 5.97 Å². The van der Waals surface area contributed by atoms with Gasteiger partial charge in [0.15, 0.2) is 0 Å². The number of fused-ring (bicyclic) bond motifs is 1. The Bertz CT molecular complexity index is 598. The van der Waals surface area contributed by atoms with Crippen LogP contribution < -0.4 is 0 Å². The van der Waals surface area contributed by atoms with Gasteiger partial charge < -0.3 is 5.11 Å². The highest BCUT2D eigenvalue weighted by atomic mass is 32.1. The number of carboxylic acids is 1. The molecule has 4 heteroatoms. The first-order chi connectivity index (χ1) is 8.11. The number of carbonyl (C=O) groups is 1. The van der Waals surface area contributed by atoms with E-state index < -0.39 is 5.97 Å². The number of hydrogen-bond acceptors (Lipinski definition) is 3. The lowest BCUT2D eigenvalue weighted by atomic mass is 9.92. The molecule has 0 saturated heterocycles. The molecule has 0 aliphatic heterocycles. The van der Waals surface area contributed by atoms with Crippen LogP contribution in [0.4, 0.5) is 0 Å². The van der Waals surface area contributed by atoms with Gasteiger partial charge in [-0.25, -0.2) is 4.98 Å². The minimum absolute atomic E-state index is 0.121. The summed E-state index contributed by atoms with van der Waals surface area (Å²) in [5.74, 6) is -0.708. The lowest BCUT2D eigenvalue weighted by Gasteiger charge is -2.13. The second-order valence-corrected chi connectivity index (χ2v) is 5.94. The van der Waals surface area contributed by atoms with Gasteiger partial charge in [-0.1, -0.05) is 12.1 Å². The van der Waals surface area contributed by atoms with Crippen molar-refractivity contribution in [1.29, 1.82) is 0 Å². The first-order valence-electron chi connectivity index (χ1n) is 5.69. The van der Waals surface area contributed by atoms with E-state index in [9.17, 15) is 4.79 Å². The molecule has 1 aliphatic carbocycles. The van der Waals surface area contributed by atoms with Crippen molar-refractivity contribution in [3.8, 4) is 0 Å². The van der Waals surface area contributed by atoms with Crippen LogP contribution in [0.1, 0.15) is 29.8 Å². The van der Waals surface area contributed by atoms with Gasteiger partial charge in [0.05, 0.1) is 21.6 Å². The summed E-state index contributed by atoms with van der Waals surface area (Å²) in [5, 5.41) is 10.1. The molecule has 3 rings (SSSR count). The van der Waals surface area contributed by atoms with E-state index in [1.54, 1.807) is 11.3 Å². The van der Waals surface area contributed by atoms with Gasteiger partial charge in [-0.2, -0.15) is 0 Å². The molecule has 0 amide bonds. The predicted octanol–water partition coefficient (Wildman–Crippen LogP) is 3.11. The zero-order valence-electron chi connectivity index (χ0n) is 9.56. The van der Waals surface area contributed by atoms with Crippen molar-refractivity contribution in [2.75, 3.05) is 0 Å². The molecule has 1 aromatic carbocycles. The maximum atomic E-state index is 11.0. The number of nitrogens with zero attached hydrogens (tertiary/aromatic N) is 1. The summed E-state index contributed by atoms with van der Waals surface area (Å²) in [5.41, 5.74) is 2.06. The van der Waals surface area contributed by atoms with Crippen molar-refractivity contribution in [3.05, 3.63) is 28.8 Å². The summed E-state index contributed by atoms with van der Waals surface area (Å²) in [6.07, 6.45) is 2.20. The van der Waals surface area contributed by atoms with Gasteiger partial charge in [0.1, 0.15) is 0 Å². The molecule has 1 saturated carbocycles. The van der Waals surface area contributed by atoms with E-state index in [1.165, 1.54) is 10.3 Å². The zero-order valence-corrected chi connectivity index (χ0v) is 10.4. The Morgan fingerprint density at radius 2 is 2.29 bits per heavy atom. The van der Waals surface area contributed by atoms with E-state index in [-0.39, 0.29) is 11.8 Å². The lowest BCUT2D eigenvalue weighted by Crippen LogP contribution is -2.12. The SMILES string of the molecule is Cc1nc2cccc(C3(CC(=O)O)CC3)c2s1. The van der Waals surface area contributed by atoms with Crippen LogP contribution in [0.15, 0.2) is 18.2 Å². The largest absolute Gasteiger partial charge is 0.481 e. The summed E-state index contributed by atoms with van der Waals surface area (Å²) < 4.78 is 1.17. The highest BCUT2D eigenvalue weighted by Gasteiger charge is 2.47. The first-order valence-corrected chi connectivity index (χ1v) is 6.51. The number of aromatic nitrogens is 1. The number of hydrogen-bond donors (Lipinski definition) is 1. The summed E-state index contributed by atoms with van der Waals surface area (Å²) in [4.78, 5) is 15.4. The van der Waals surface area contributed by atoms with Crippen molar-refractivity contribution in [2.24, 2.45) is 0 Å². The Labute approximate surface area is 103 Å². The average molecular weight is 247 g/mol. The van der Waals surface area contributed by atoms with E-state index in [4.69, 9.17) is 5.11 Å². The van der Waals surface area contributed by atoms with Gasteiger partial charge in [0.2, 0.25) is 0 Å². The normalized spacial score (nSPS) is 17.2. The van der Waals surface area contributed by atoms with E-state index in [0.717, 1.165) is 23.4 Å². The molecule has 1 N–H and O–H groups in total. The highest BCUT2D eigenvalue weighted by Crippen LogP contribution is 2.53. The summed E-state index contributed by atoms with van der Waals surface area (Å²) in [6, 6.07) is 6.05. The number of aryl methyl sites for hydroxylation is 1. The highest BCUT2D eigenvalue weighted by molar-refractivity contribution is 7.18. The predicted molar refractivity (Wildman–Crippen MR) is 67.5 cm³/mol. The quantitative estimate of drug-likeness (QED) is 0.906. The van der Waals surface area contributed by atoms with Crippen LogP contribution in [0.5, 0.6) is 0 Å². The fourth-order valence-electron chi connectivity index (χ4n) is 2.46. The molecule has 1 heterocycles. The number of aliphatic carboxylic acids is 1. The molecule has 1 aromatic heterocycles. The van der Waals surface area contributed by atoms with Gasteiger partial charge in [0.25, 0.3) is 0 Å². The Balaban J connectivity index is 2.14. The van der Waals surface area contributed by atoms with Gasteiger partial charge in [-0.3, -0.25) is 4.79 Å². The van der Waals surface area contributed by atoms with Crippen LogP contribution in [0, 0.1) is 6.92 Å². The second-order valence-electron chi connectivity index (χ2n) is 4.74. The van der Waals surface area contributed by atoms with Crippen molar-refractivity contribution < 1.29 is 9.90 Å². The molecule has 0 atom stereocenters. The monoisotopic (exact) mass is 247 g/mol. The maximum Gasteiger partial charge on any atom is 0.304 e. The number of thiazole rings is 1. The third-order valence-corrected chi connectivity index (χ3v) is 4.46. The summed E-state index contributed by atoms with van der Waals surface area (Å²) in [7, 11) is 0. The molecule has 3 nitrogen and oxygen atoms in total. The van der Waals surface area contributed by atoms with E-state index in [2.05, 4.69) is 11.1 Å². The number of carboxylic acid groups (broad SMARTS) is 1. The van der Waals surface area contributed by atoms with Crippen LogP contribution in [-0.2, 0) is 10.2 Å². The molecule has 0 spiro atoms. The van der Waals surface area contributed by atoms with Crippen molar-refractivity contribution in [3.63, 3.8) is 0 Å². The second kappa shape index (κ2) is 3.53. The third kappa shape index (κ3) is 1.72. The minimum atomic E-state index is -0.708. The van der Waals surface area contributed by atoms with Crippen LogP contribution in [0.25, 0.3) is 10.2 Å². The molecule has 0 bridgehead atoms. The fraction of sp³-hybridized carbons (Fsp3) is 0.385. The maximum absolute atomic E-state index is 11.0. The molecular weight excluding hydrogens is 234 g/mol. The molecule has 0 unspecified atom stereocenters. The Morgan fingerprint density at radius 1 is 1.53 bits per heavy atom. The average Bonchev–Trinajstić information content (AvgIpc) is 2.90. The fourth-order valence-corrected chi connectivity index (χ4v) is 3.51. The lowest BCUT2D eigenvalue weighted by molar-refractivity contribution is -0.137. The standard InChI is InChI=1S/C13H13NO2S/c1-8-14-10-4-2-3-9(12(10)17-8)13(5-6-13)7-11(15)16/h2-4H,5-7H2,1H3,(H,15,16). The molecule has 1 fully saturated rings. The van der Waals surface area contributed by atoms with Crippen LogP contribution in [0.2, 0.25) is 0 Å². The van der Waals surface area contributed by atoms with Crippen LogP contribution in [-0.4, -0.2) is 16.1 Å². The Morgan fingerprint density at radius 3 is 2.94 bits per heavy atom. The molecule has 1 aliphatic rings. The zero-order chi connectivity index (χ0) is 12.0. The van der Waals surface area contributed by atoms with Gasteiger partial charge in [-0.15, -0.1) is 11.3 Å². The Kier molecular flexibility index (Phi) is 2.23. The molecule has 88 valence electrons. The summed E-state index contributed by atoms with van der Waals surface area (Å²) in [6.45, 7) is 1.99. The Hall–Kier alpha value is -1.42. The molecule has 17 heavy (non-hydrogen) atoms. The minimum Gasteiger partial charge on any atom is -0.481 e. The van der Waals surface area contributed by atoms with Gasteiger partial charge in [0, 0.05) is 5.41 Å². The summed E-state index contributed by atoms with van der Waals surface area (Å²) >= 11 is 1.67. The van der Waals surface area contributed by atoms with Crippen molar-refractivity contribution in [2.45, 2.75) is 31.6 Å². The van der Waals surface area contributed by atoms with E-state index in [0.29, 0.717) is 0 Å². The van der Waals surface area contributed by atoms with Crippen LogP contribution in [0.3, 0.4) is 0 Å². The van der Waals surface area contributed by atoms with Crippen molar-refractivity contribution >= 4 is 27.5 Å². The van der Waals surface area contributed by atoms with Crippen molar-refractivity contribution in [1.82, 2.24) is 4.98 Å². The molecule has 2 aromatic rings. The van der Waals surface area contributed by atoms with E-state index >= 15 is 0 Å². The molecule has 0 radical (unpaired) electrons. The van der Waals surface area contributed by atoms with Gasteiger partial charge in [-0.05, 0) is 31.4 Å². The van der Waals surface area contributed by atoms with Crippen LogP contribution >= 0.6 is 11.3 Å². The molecular formula is C13H13NO2S. The van der Waals surface area contributed by atoms with E-state index in [1.807, 2.05) is 19.1 Å².